The molecule has 0 atom stereocenters. The Kier molecular flexibility index (Phi) is 4.80. The fourth-order valence-corrected chi connectivity index (χ4v) is 5.30. The second kappa shape index (κ2) is 6.64. The van der Waals surface area contributed by atoms with Crippen LogP contribution in [0.3, 0.4) is 0 Å². The van der Waals surface area contributed by atoms with E-state index in [2.05, 4.69) is 9.71 Å². The van der Waals surface area contributed by atoms with E-state index in [1.807, 2.05) is 13.8 Å². The second-order valence-electron chi connectivity index (χ2n) is 6.26. The van der Waals surface area contributed by atoms with Crippen molar-refractivity contribution in [3.05, 3.63) is 48.0 Å². The summed E-state index contributed by atoms with van der Waals surface area (Å²) in [5, 5.41) is 0. The van der Waals surface area contributed by atoms with Gasteiger partial charge in [-0.15, -0.1) is 11.3 Å². The molecule has 0 spiro atoms. The molecule has 0 aliphatic carbocycles. The van der Waals surface area contributed by atoms with Crippen LogP contribution in [0.2, 0.25) is 0 Å². The van der Waals surface area contributed by atoms with Gasteiger partial charge < -0.3 is 0 Å². The van der Waals surface area contributed by atoms with Crippen LogP contribution in [0.25, 0.3) is 10.2 Å². The first kappa shape index (κ1) is 18.8. The van der Waals surface area contributed by atoms with Crippen LogP contribution >= 0.6 is 11.3 Å². The predicted octanol–water partition coefficient (Wildman–Crippen LogP) is 3.62. The van der Waals surface area contributed by atoms with Gasteiger partial charge >= 0.3 is 0 Å². The van der Waals surface area contributed by atoms with Gasteiger partial charge in [-0.05, 0) is 41.8 Å². The lowest BCUT2D eigenvalue weighted by Gasteiger charge is -2.10. The van der Waals surface area contributed by atoms with E-state index >= 15 is 0 Å². The molecule has 3 rings (SSSR count). The van der Waals surface area contributed by atoms with E-state index in [4.69, 9.17) is 0 Å². The molecule has 6 nitrogen and oxygen atoms in total. The van der Waals surface area contributed by atoms with Gasteiger partial charge in [0.05, 0.1) is 20.8 Å². The van der Waals surface area contributed by atoms with Crippen LogP contribution in [0.1, 0.15) is 25.3 Å². The number of thiazole rings is 1. The number of sulfonamides is 1. The van der Waals surface area contributed by atoms with Gasteiger partial charge in [0, 0.05) is 6.26 Å². The molecule has 1 aromatic heterocycles. The van der Waals surface area contributed by atoms with Gasteiger partial charge in [0.25, 0.3) is 10.0 Å². The third-order valence-corrected chi connectivity index (χ3v) is 7.89. The van der Waals surface area contributed by atoms with Crippen molar-refractivity contribution in [2.45, 2.75) is 29.0 Å². The Morgan fingerprint density at radius 1 is 1.00 bits per heavy atom. The van der Waals surface area contributed by atoms with Crippen LogP contribution in [-0.2, 0) is 19.9 Å². The summed E-state index contributed by atoms with van der Waals surface area (Å²) < 4.78 is 51.5. The molecule has 0 unspecified atom stereocenters. The third kappa shape index (κ3) is 3.89. The largest absolute Gasteiger partial charge is 0.280 e. The van der Waals surface area contributed by atoms with Crippen molar-refractivity contribution in [3.8, 4) is 0 Å². The van der Waals surface area contributed by atoms with Crippen molar-refractivity contribution >= 4 is 47.1 Å². The summed E-state index contributed by atoms with van der Waals surface area (Å²) in [5.41, 5.74) is 1.93. The quantitative estimate of drug-likeness (QED) is 0.693. The van der Waals surface area contributed by atoms with Crippen LogP contribution in [0.4, 0.5) is 5.69 Å². The number of aromatic nitrogens is 1. The zero-order chi connectivity index (χ0) is 19.1. The Hall–Kier alpha value is -1.97. The molecule has 1 heterocycles. The lowest BCUT2D eigenvalue weighted by Crippen LogP contribution is -2.12. The third-order valence-electron chi connectivity index (χ3n) is 3.80. The van der Waals surface area contributed by atoms with Crippen LogP contribution in [-0.4, -0.2) is 28.1 Å². The molecule has 0 saturated carbocycles. The van der Waals surface area contributed by atoms with Gasteiger partial charge in [-0.3, -0.25) is 4.72 Å². The summed E-state index contributed by atoms with van der Waals surface area (Å²) in [4.78, 5) is 4.23. The Morgan fingerprint density at radius 3 is 2.23 bits per heavy atom. The number of anilines is 1. The number of sulfone groups is 1. The fraction of sp³-hybridized carbons (Fsp3) is 0.235. The average molecular weight is 411 g/mol. The summed E-state index contributed by atoms with van der Waals surface area (Å²) >= 11 is 1.01. The fourth-order valence-electron chi connectivity index (χ4n) is 2.37. The van der Waals surface area contributed by atoms with Gasteiger partial charge in [-0.2, -0.15) is 0 Å². The van der Waals surface area contributed by atoms with Crippen molar-refractivity contribution < 1.29 is 16.8 Å². The number of hydrogen-bond acceptors (Lipinski definition) is 6. The minimum absolute atomic E-state index is 0.0109. The zero-order valence-corrected chi connectivity index (χ0v) is 16.9. The molecule has 0 bridgehead atoms. The summed E-state index contributed by atoms with van der Waals surface area (Å²) in [7, 11) is -7.13. The SMILES string of the molecule is CC(C)c1ccc(S(=O)(=O)Nc2ccc3nc(S(C)(=O)=O)sc3c2)cc1. The van der Waals surface area contributed by atoms with E-state index in [0.29, 0.717) is 21.8 Å². The van der Waals surface area contributed by atoms with Crippen LogP contribution in [0, 0.1) is 0 Å². The summed E-state index contributed by atoms with van der Waals surface area (Å²) in [5.74, 6) is 0.317. The van der Waals surface area contributed by atoms with Crippen molar-refractivity contribution in [2.75, 3.05) is 11.0 Å². The summed E-state index contributed by atoms with van der Waals surface area (Å²) in [6.45, 7) is 4.08. The maximum atomic E-state index is 12.6. The predicted molar refractivity (Wildman–Crippen MR) is 104 cm³/mol. The maximum Gasteiger partial charge on any atom is 0.261 e. The number of nitrogens with one attached hydrogen (secondary N) is 1. The van der Waals surface area contributed by atoms with E-state index < -0.39 is 19.9 Å². The van der Waals surface area contributed by atoms with Gasteiger partial charge in [-0.25, -0.2) is 21.8 Å². The lowest BCUT2D eigenvalue weighted by molar-refractivity contribution is 0.599. The maximum absolute atomic E-state index is 12.6. The zero-order valence-electron chi connectivity index (χ0n) is 14.4. The molecular formula is C17H18N2O4S3. The molecule has 0 saturated heterocycles. The average Bonchev–Trinajstić information content (AvgIpc) is 2.98. The molecule has 0 fully saturated rings. The first-order valence-electron chi connectivity index (χ1n) is 7.80. The first-order valence-corrected chi connectivity index (χ1v) is 12.0. The lowest BCUT2D eigenvalue weighted by atomic mass is 10.0. The summed E-state index contributed by atoms with van der Waals surface area (Å²) in [6, 6.07) is 11.5. The Bertz CT molecular complexity index is 1160. The Balaban J connectivity index is 1.91. The van der Waals surface area contributed by atoms with E-state index in [1.165, 1.54) is 0 Å². The van der Waals surface area contributed by atoms with E-state index in [9.17, 15) is 16.8 Å². The molecule has 1 N–H and O–H groups in total. The van der Waals surface area contributed by atoms with Crippen molar-refractivity contribution in [2.24, 2.45) is 0 Å². The van der Waals surface area contributed by atoms with E-state index in [1.54, 1.807) is 42.5 Å². The monoisotopic (exact) mass is 410 g/mol. The van der Waals surface area contributed by atoms with Crippen molar-refractivity contribution in [1.82, 2.24) is 4.98 Å². The van der Waals surface area contributed by atoms with E-state index in [-0.39, 0.29) is 9.24 Å². The minimum atomic E-state index is -3.73. The van der Waals surface area contributed by atoms with Gasteiger partial charge in [-0.1, -0.05) is 26.0 Å². The highest BCUT2D eigenvalue weighted by atomic mass is 32.2. The summed E-state index contributed by atoms with van der Waals surface area (Å²) in [6.07, 6.45) is 1.09. The number of hydrogen-bond donors (Lipinski definition) is 1. The topological polar surface area (TPSA) is 93.2 Å². The van der Waals surface area contributed by atoms with E-state index in [0.717, 1.165) is 23.2 Å². The molecule has 0 amide bonds. The second-order valence-corrected chi connectivity index (χ2v) is 11.2. The number of rotatable bonds is 5. The molecule has 0 radical (unpaired) electrons. The molecule has 0 aliphatic heterocycles. The van der Waals surface area contributed by atoms with Crippen LogP contribution < -0.4 is 4.72 Å². The number of benzene rings is 2. The van der Waals surface area contributed by atoms with Gasteiger partial charge in [0.15, 0.2) is 0 Å². The van der Waals surface area contributed by atoms with Crippen LogP contribution in [0.5, 0.6) is 0 Å². The molecule has 3 aromatic rings. The number of nitrogens with zero attached hydrogens (tertiary/aromatic N) is 1. The van der Waals surface area contributed by atoms with Crippen LogP contribution in [0.15, 0.2) is 51.7 Å². The normalized spacial score (nSPS) is 12.6. The molecule has 138 valence electrons. The Morgan fingerprint density at radius 2 is 1.65 bits per heavy atom. The van der Waals surface area contributed by atoms with Gasteiger partial charge in [0.1, 0.15) is 0 Å². The van der Waals surface area contributed by atoms with Crippen molar-refractivity contribution in [3.63, 3.8) is 0 Å². The minimum Gasteiger partial charge on any atom is -0.280 e. The highest BCUT2D eigenvalue weighted by molar-refractivity contribution is 7.93. The Labute approximate surface area is 156 Å². The highest BCUT2D eigenvalue weighted by Gasteiger charge is 2.17. The molecule has 0 aliphatic rings. The van der Waals surface area contributed by atoms with Crippen molar-refractivity contribution in [1.29, 1.82) is 0 Å². The molecular weight excluding hydrogens is 392 g/mol. The molecule has 9 heteroatoms. The molecule has 26 heavy (non-hydrogen) atoms. The van der Waals surface area contributed by atoms with Gasteiger partial charge in [0.2, 0.25) is 14.2 Å². The first-order chi connectivity index (χ1) is 12.1. The molecule has 2 aromatic carbocycles. The standard InChI is InChI=1S/C17H18N2O4S3/c1-11(2)12-4-7-14(8-5-12)26(22,23)19-13-6-9-15-16(10-13)24-17(18-15)25(3,20)21/h4-11,19H,1-3H3. The number of fused-ring (bicyclic) bond motifs is 1. The highest BCUT2D eigenvalue weighted by Crippen LogP contribution is 2.29. The smallest absolute Gasteiger partial charge is 0.261 e.